The molecule has 0 saturated heterocycles. The zero-order valence-electron chi connectivity index (χ0n) is 24.3. The third-order valence-corrected chi connectivity index (χ3v) is 10.5. The third-order valence-electron chi connectivity index (χ3n) is 7.87. The minimum absolute atomic E-state index is 0.142. The Hall–Kier alpha value is -4.35. The number of nitriles is 1. The Kier molecular flexibility index (Phi) is 9.66. The van der Waals surface area contributed by atoms with Gasteiger partial charge in [0, 0.05) is 20.5 Å². The van der Waals surface area contributed by atoms with Gasteiger partial charge in [-0.1, -0.05) is 90.5 Å². The number of halogens is 1. The summed E-state index contributed by atoms with van der Waals surface area (Å²) in [5.41, 5.74) is 5.32. The summed E-state index contributed by atoms with van der Waals surface area (Å²) in [6, 6.07) is 37.2. The van der Waals surface area contributed by atoms with Gasteiger partial charge in [0.1, 0.15) is 16.3 Å². The number of thioether (sulfide) groups is 1. The quantitative estimate of drug-likeness (QED) is 0.156. The van der Waals surface area contributed by atoms with E-state index in [-0.39, 0.29) is 18.2 Å². The molecule has 0 fully saturated rings. The minimum Gasteiger partial charge on any atom is -0.326 e. The lowest BCUT2D eigenvalue weighted by atomic mass is 9.83. The zero-order chi connectivity index (χ0) is 31.2. The second kappa shape index (κ2) is 14.2. The van der Waals surface area contributed by atoms with Crippen molar-refractivity contribution >= 4 is 57.2 Å². The molecule has 2 amide bonds. The van der Waals surface area contributed by atoms with Crippen molar-refractivity contribution in [3.05, 3.63) is 147 Å². The first kappa shape index (κ1) is 30.7. The Morgan fingerprint density at radius 1 is 0.933 bits per heavy atom. The van der Waals surface area contributed by atoms with Gasteiger partial charge >= 0.3 is 0 Å². The van der Waals surface area contributed by atoms with E-state index in [1.54, 1.807) is 12.1 Å². The van der Waals surface area contributed by atoms with Gasteiger partial charge in [-0.2, -0.15) is 5.26 Å². The first-order valence-corrected chi connectivity index (χ1v) is 16.8. The Balaban J connectivity index is 1.19. The van der Waals surface area contributed by atoms with Crippen LogP contribution < -0.4 is 10.6 Å². The van der Waals surface area contributed by atoms with Crippen molar-refractivity contribution < 1.29 is 9.59 Å². The van der Waals surface area contributed by atoms with E-state index in [9.17, 15) is 14.9 Å². The summed E-state index contributed by atoms with van der Waals surface area (Å²) in [5.74, 6) is 0.0640. The van der Waals surface area contributed by atoms with Crippen molar-refractivity contribution in [3.8, 4) is 6.07 Å². The van der Waals surface area contributed by atoms with Gasteiger partial charge in [-0.3, -0.25) is 9.59 Å². The van der Waals surface area contributed by atoms with Crippen molar-refractivity contribution in [3.63, 3.8) is 0 Å². The monoisotopic (exact) mass is 647 g/mol. The maximum Gasteiger partial charge on any atom is 0.243 e. The number of fused-ring (bicyclic) bond motifs is 1. The van der Waals surface area contributed by atoms with E-state index < -0.39 is 5.25 Å². The molecule has 0 spiro atoms. The highest BCUT2D eigenvalue weighted by Gasteiger charge is 2.29. The van der Waals surface area contributed by atoms with E-state index in [0.717, 1.165) is 40.8 Å². The number of nitrogens with zero attached hydrogens (tertiary/aromatic N) is 1. The van der Waals surface area contributed by atoms with Gasteiger partial charge in [0.2, 0.25) is 11.8 Å². The molecule has 1 aromatic heterocycles. The lowest BCUT2D eigenvalue weighted by Crippen LogP contribution is -2.19. The molecule has 0 saturated carbocycles. The normalized spacial score (nSPS) is 14.5. The molecule has 2 N–H and O–H groups in total. The smallest absolute Gasteiger partial charge is 0.243 e. The minimum atomic E-state index is -0.575. The summed E-state index contributed by atoms with van der Waals surface area (Å²) in [6.45, 7) is 0. The fourth-order valence-corrected chi connectivity index (χ4v) is 8.15. The van der Waals surface area contributed by atoms with Crippen molar-refractivity contribution in [2.75, 3.05) is 10.6 Å². The van der Waals surface area contributed by atoms with Crippen LogP contribution in [-0.2, 0) is 28.9 Å². The molecule has 1 aliphatic rings. The average Bonchev–Trinajstić information content (AvgIpc) is 3.41. The van der Waals surface area contributed by atoms with Gasteiger partial charge in [0.25, 0.3) is 0 Å². The number of benzene rings is 4. The van der Waals surface area contributed by atoms with E-state index in [1.807, 2.05) is 72.8 Å². The first-order chi connectivity index (χ1) is 22.0. The van der Waals surface area contributed by atoms with Gasteiger partial charge in [0.15, 0.2) is 0 Å². The molecule has 0 aliphatic heterocycles. The molecule has 45 heavy (non-hydrogen) atoms. The molecule has 4 aromatic carbocycles. The largest absolute Gasteiger partial charge is 0.326 e. The Bertz CT molecular complexity index is 1850. The van der Waals surface area contributed by atoms with Gasteiger partial charge in [-0.25, -0.2) is 0 Å². The van der Waals surface area contributed by atoms with Crippen molar-refractivity contribution in [2.24, 2.45) is 0 Å². The van der Waals surface area contributed by atoms with Gasteiger partial charge in [0.05, 0.1) is 12.0 Å². The number of hydrogen-bond donors (Lipinski definition) is 2. The van der Waals surface area contributed by atoms with E-state index in [1.165, 1.54) is 33.5 Å². The zero-order valence-corrected chi connectivity index (χ0v) is 26.7. The fourth-order valence-electron chi connectivity index (χ4n) is 5.66. The lowest BCUT2D eigenvalue weighted by Gasteiger charge is -2.22. The van der Waals surface area contributed by atoms with Crippen LogP contribution in [0.25, 0.3) is 0 Å². The number of thiophene rings is 1. The van der Waals surface area contributed by atoms with E-state index in [2.05, 4.69) is 41.0 Å². The fraction of sp³-hybridized carbons (Fsp3) is 0.162. The van der Waals surface area contributed by atoms with Crippen molar-refractivity contribution in [1.82, 2.24) is 0 Å². The predicted octanol–water partition coefficient (Wildman–Crippen LogP) is 9.20. The van der Waals surface area contributed by atoms with Crippen LogP contribution in [0.2, 0.25) is 5.02 Å². The number of carbonyl (C=O) groups is 2. The van der Waals surface area contributed by atoms with Crippen LogP contribution in [0.4, 0.5) is 10.7 Å². The molecule has 0 bridgehead atoms. The summed E-state index contributed by atoms with van der Waals surface area (Å²) in [5, 5.41) is 16.9. The average molecular weight is 648 g/mol. The molecule has 0 radical (unpaired) electrons. The summed E-state index contributed by atoms with van der Waals surface area (Å²) < 4.78 is 0. The van der Waals surface area contributed by atoms with Gasteiger partial charge < -0.3 is 10.6 Å². The van der Waals surface area contributed by atoms with E-state index in [4.69, 9.17) is 11.6 Å². The van der Waals surface area contributed by atoms with Crippen LogP contribution in [-0.4, -0.2) is 11.8 Å². The molecule has 1 heterocycles. The first-order valence-electron chi connectivity index (χ1n) is 14.7. The molecule has 5 aromatic rings. The van der Waals surface area contributed by atoms with Gasteiger partial charge in [-0.05, 0) is 77.8 Å². The molecule has 5 nitrogen and oxygen atoms in total. The molecule has 2 unspecified atom stereocenters. The van der Waals surface area contributed by atoms with Crippen LogP contribution in [0, 0.1) is 11.3 Å². The molecule has 6 rings (SSSR count). The predicted molar refractivity (Wildman–Crippen MR) is 184 cm³/mol. The van der Waals surface area contributed by atoms with Gasteiger partial charge in [-0.15, -0.1) is 23.1 Å². The maximum absolute atomic E-state index is 14.0. The van der Waals surface area contributed by atoms with Crippen LogP contribution in [0.5, 0.6) is 0 Å². The Morgan fingerprint density at radius 3 is 2.40 bits per heavy atom. The third kappa shape index (κ3) is 7.49. The number of carbonyl (C=O) groups excluding carboxylic acids is 2. The summed E-state index contributed by atoms with van der Waals surface area (Å²) in [4.78, 5) is 28.7. The Labute approximate surface area is 276 Å². The van der Waals surface area contributed by atoms with Crippen molar-refractivity contribution in [1.29, 1.82) is 5.26 Å². The van der Waals surface area contributed by atoms with Crippen LogP contribution in [0.15, 0.2) is 114 Å². The summed E-state index contributed by atoms with van der Waals surface area (Å²) in [6.07, 6.45) is 2.88. The molecule has 1 aliphatic carbocycles. The molecule has 8 heteroatoms. The highest BCUT2D eigenvalue weighted by atomic mass is 35.5. The van der Waals surface area contributed by atoms with Crippen molar-refractivity contribution in [2.45, 2.75) is 41.7 Å². The summed E-state index contributed by atoms with van der Waals surface area (Å²) >= 11 is 8.90. The van der Waals surface area contributed by atoms with Crippen LogP contribution >= 0.6 is 34.7 Å². The molecule has 2 atom stereocenters. The topological polar surface area (TPSA) is 82.0 Å². The van der Waals surface area contributed by atoms with E-state index in [0.29, 0.717) is 27.2 Å². The number of hydrogen-bond acceptors (Lipinski definition) is 5. The number of anilines is 2. The number of amides is 2. The molecular formula is C37H30ClN3O2S2. The molecular weight excluding hydrogens is 618 g/mol. The van der Waals surface area contributed by atoms with Crippen LogP contribution in [0.1, 0.15) is 50.3 Å². The second-order valence-corrected chi connectivity index (χ2v) is 13.7. The summed E-state index contributed by atoms with van der Waals surface area (Å²) in [7, 11) is 0. The highest BCUT2D eigenvalue weighted by molar-refractivity contribution is 8.00. The highest BCUT2D eigenvalue weighted by Crippen LogP contribution is 2.43. The SMILES string of the molecule is N#Cc1c(NC(=O)C(Sc2cccc(NC(=O)Cc3ccc(Cl)cc3)c2)c2ccccc2)sc2c1CCC(c1ccccc1)C2. The second-order valence-electron chi connectivity index (χ2n) is 10.9. The standard InChI is InChI=1S/C37H30ClN3O2S2/c38-28-17-14-24(15-18-28)20-34(42)40-29-12-7-13-30(22-29)44-35(26-10-5-2-6-11-26)36(43)41-37-32(23-39)31-19-16-27(21-33(31)45-37)25-8-3-1-4-9-25/h1-15,17-18,22,27,35H,16,19-21H2,(H,40,42)(H,41,43). The van der Waals surface area contributed by atoms with E-state index >= 15 is 0 Å². The lowest BCUT2D eigenvalue weighted by molar-refractivity contribution is -0.116. The number of nitrogens with one attached hydrogen (secondary N) is 2. The molecule has 224 valence electrons. The Morgan fingerprint density at radius 2 is 1.67 bits per heavy atom. The van der Waals surface area contributed by atoms with Crippen LogP contribution in [0.3, 0.4) is 0 Å². The number of rotatable bonds is 9. The maximum atomic E-state index is 14.0.